The summed E-state index contributed by atoms with van der Waals surface area (Å²) in [5.41, 5.74) is 8.46. The first kappa shape index (κ1) is 23.8. The number of aromatic amines is 1. The highest BCUT2D eigenvalue weighted by Crippen LogP contribution is 2.17. The number of amides is 2. The van der Waals surface area contributed by atoms with Gasteiger partial charge < -0.3 is 36.9 Å². The van der Waals surface area contributed by atoms with E-state index in [1.807, 2.05) is 30.5 Å². The fraction of sp³-hybridized carbons (Fsp3) is 0.261. The molecule has 9 N–H and O–H groups in total. The highest BCUT2D eigenvalue weighted by molar-refractivity contribution is 5.96. The lowest BCUT2D eigenvalue weighted by molar-refractivity contribution is -0.128. The van der Waals surface area contributed by atoms with Gasteiger partial charge in [-0.3, -0.25) is 15.0 Å². The van der Waals surface area contributed by atoms with Crippen LogP contribution >= 0.6 is 0 Å². The van der Waals surface area contributed by atoms with Crippen LogP contribution in [0.25, 0.3) is 10.9 Å². The second-order valence-electron chi connectivity index (χ2n) is 7.54. The Balaban J connectivity index is 1.51. The van der Waals surface area contributed by atoms with Gasteiger partial charge in [0.25, 0.3) is 0 Å². The minimum absolute atomic E-state index is 0.147. The van der Waals surface area contributed by atoms with Gasteiger partial charge in [-0.15, -0.1) is 0 Å². The number of aliphatic hydroxyl groups excluding tert-OH is 2. The molecule has 0 saturated heterocycles. The summed E-state index contributed by atoms with van der Waals surface area (Å²) in [7, 11) is 0. The van der Waals surface area contributed by atoms with Crippen LogP contribution in [-0.2, 0) is 16.0 Å². The zero-order chi connectivity index (χ0) is 23.8. The van der Waals surface area contributed by atoms with Crippen molar-refractivity contribution in [1.29, 1.82) is 5.41 Å². The Labute approximate surface area is 190 Å². The van der Waals surface area contributed by atoms with Gasteiger partial charge in [0.2, 0.25) is 11.8 Å². The van der Waals surface area contributed by atoms with Crippen LogP contribution in [0.3, 0.4) is 0 Å². The molecule has 10 heteroatoms. The van der Waals surface area contributed by atoms with Crippen LogP contribution in [0.4, 0.5) is 5.69 Å². The topological polar surface area (TPSA) is 176 Å². The van der Waals surface area contributed by atoms with Crippen molar-refractivity contribution in [2.75, 3.05) is 25.0 Å². The number of nitrogen functional groups attached to an aromatic ring is 1. The molecule has 0 radical (unpaired) electrons. The van der Waals surface area contributed by atoms with Gasteiger partial charge in [0.15, 0.2) is 0 Å². The SMILES string of the molecule is N=C(N)c1cccc(NC(C(=O)NCC(=O)NCCc2c[nH]c3ccccc23)C(O)CO)c1. The maximum atomic E-state index is 12.6. The van der Waals surface area contributed by atoms with Crippen molar-refractivity contribution in [2.24, 2.45) is 5.73 Å². The molecule has 3 aromatic rings. The number of para-hydroxylation sites is 1. The standard InChI is InChI=1S/C23H28N6O4/c24-22(25)14-4-3-5-16(10-14)29-21(19(31)13-30)23(33)28-12-20(32)26-9-8-15-11-27-18-7-2-1-6-17(15)18/h1-7,10-11,19,21,27,29-31H,8-9,12-13H2,(H3,24,25)(H,26,32)(H,28,33). The Kier molecular flexibility index (Phi) is 8.01. The summed E-state index contributed by atoms with van der Waals surface area (Å²) in [6.07, 6.45) is 1.13. The smallest absolute Gasteiger partial charge is 0.245 e. The first-order chi connectivity index (χ1) is 15.9. The Morgan fingerprint density at radius 3 is 2.67 bits per heavy atom. The van der Waals surface area contributed by atoms with E-state index in [9.17, 15) is 19.8 Å². The molecule has 2 atom stereocenters. The molecule has 2 unspecified atom stereocenters. The summed E-state index contributed by atoms with van der Waals surface area (Å²) in [6.45, 7) is -0.541. The van der Waals surface area contributed by atoms with Gasteiger partial charge in [0.05, 0.1) is 13.2 Å². The summed E-state index contributed by atoms with van der Waals surface area (Å²) < 4.78 is 0. The number of hydrogen-bond donors (Lipinski definition) is 8. The summed E-state index contributed by atoms with van der Waals surface area (Å²) in [4.78, 5) is 27.9. The van der Waals surface area contributed by atoms with Gasteiger partial charge in [-0.25, -0.2) is 0 Å². The van der Waals surface area contributed by atoms with Crippen molar-refractivity contribution in [1.82, 2.24) is 15.6 Å². The van der Waals surface area contributed by atoms with E-state index < -0.39 is 24.7 Å². The van der Waals surface area contributed by atoms with Crippen molar-refractivity contribution in [3.63, 3.8) is 0 Å². The van der Waals surface area contributed by atoms with Crippen LogP contribution in [-0.4, -0.2) is 64.7 Å². The van der Waals surface area contributed by atoms with E-state index in [0.29, 0.717) is 24.2 Å². The third-order valence-electron chi connectivity index (χ3n) is 5.16. The molecule has 1 heterocycles. The normalized spacial score (nSPS) is 12.7. The fourth-order valence-corrected chi connectivity index (χ4v) is 3.41. The van der Waals surface area contributed by atoms with Gasteiger partial charge in [-0.05, 0) is 30.2 Å². The van der Waals surface area contributed by atoms with Crippen LogP contribution in [0.5, 0.6) is 0 Å². The zero-order valence-corrected chi connectivity index (χ0v) is 18.0. The van der Waals surface area contributed by atoms with Crippen molar-refractivity contribution >= 4 is 34.2 Å². The number of aromatic nitrogens is 1. The average molecular weight is 453 g/mol. The molecule has 174 valence electrons. The summed E-state index contributed by atoms with van der Waals surface area (Å²) >= 11 is 0. The van der Waals surface area contributed by atoms with Crippen molar-refractivity contribution in [3.8, 4) is 0 Å². The number of hydrogen-bond acceptors (Lipinski definition) is 6. The minimum Gasteiger partial charge on any atom is -0.394 e. The van der Waals surface area contributed by atoms with Gasteiger partial charge >= 0.3 is 0 Å². The quantitative estimate of drug-likeness (QED) is 0.151. The van der Waals surface area contributed by atoms with E-state index in [4.69, 9.17) is 11.1 Å². The molecule has 0 aliphatic rings. The minimum atomic E-state index is -1.41. The zero-order valence-electron chi connectivity index (χ0n) is 18.0. The molecule has 33 heavy (non-hydrogen) atoms. The number of fused-ring (bicyclic) bond motifs is 1. The van der Waals surface area contributed by atoms with Crippen LogP contribution in [0.2, 0.25) is 0 Å². The highest BCUT2D eigenvalue weighted by Gasteiger charge is 2.26. The van der Waals surface area contributed by atoms with E-state index in [1.54, 1.807) is 24.3 Å². The Morgan fingerprint density at radius 1 is 1.12 bits per heavy atom. The second kappa shape index (κ2) is 11.1. The molecule has 2 amide bonds. The predicted octanol–water partition coefficient (Wildman–Crippen LogP) is 0.0608. The van der Waals surface area contributed by atoms with E-state index in [1.165, 1.54) is 0 Å². The van der Waals surface area contributed by atoms with Gasteiger partial charge in [0, 0.05) is 34.9 Å². The second-order valence-corrected chi connectivity index (χ2v) is 7.54. The molecule has 0 spiro atoms. The van der Waals surface area contributed by atoms with Gasteiger partial charge in [-0.1, -0.05) is 30.3 Å². The molecular weight excluding hydrogens is 424 g/mol. The van der Waals surface area contributed by atoms with Crippen molar-refractivity contribution in [3.05, 3.63) is 65.9 Å². The molecule has 1 aromatic heterocycles. The number of rotatable bonds is 11. The largest absolute Gasteiger partial charge is 0.394 e. The number of H-pyrrole nitrogens is 1. The van der Waals surface area contributed by atoms with Crippen molar-refractivity contribution in [2.45, 2.75) is 18.6 Å². The maximum Gasteiger partial charge on any atom is 0.245 e. The predicted molar refractivity (Wildman–Crippen MR) is 126 cm³/mol. The van der Waals surface area contributed by atoms with Crippen molar-refractivity contribution < 1.29 is 19.8 Å². The first-order valence-electron chi connectivity index (χ1n) is 10.5. The third-order valence-corrected chi connectivity index (χ3v) is 5.16. The van der Waals surface area contributed by atoms with E-state index in [0.717, 1.165) is 16.5 Å². The number of anilines is 1. The maximum absolute atomic E-state index is 12.6. The average Bonchev–Trinajstić information content (AvgIpc) is 3.23. The van der Waals surface area contributed by atoms with Crippen LogP contribution in [0, 0.1) is 5.41 Å². The number of benzene rings is 2. The van der Waals surface area contributed by atoms with E-state index in [2.05, 4.69) is 20.9 Å². The number of carbonyl (C=O) groups is 2. The van der Waals surface area contributed by atoms with Gasteiger partial charge in [-0.2, -0.15) is 0 Å². The van der Waals surface area contributed by atoms with Crippen LogP contribution in [0.1, 0.15) is 11.1 Å². The monoisotopic (exact) mass is 452 g/mol. The summed E-state index contributed by atoms with van der Waals surface area (Å²) in [5.74, 6) is -1.18. The lowest BCUT2D eigenvalue weighted by atomic mass is 10.1. The third kappa shape index (κ3) is 6.31. The first-order valence-corrected chi connectivity index (χ1v) is 10.5. The van der Waals surface area contributed by atoms with E-state index >= 15 is 0 Å². The Bertz CT molecular complexity index is 1130. The molecular formula is C23H28N6O4. The van der Waals surface area contributed by atoms with Crippen LogP contribution in [0.15, 0.2) is 54.7 Å². The number of amidine groups is 1. The molecule has 0 bridgehead atoms. The molecule has 10 nitrogen and oxygen atoms in total. The summed E-state index contributed by atoms with van der Waals surface area (Å²) in [5, 5.41) is 36.1. The Morgan fingerprint density at radius 2 is 1.91 bits per heavy atom. The molecule has 0 fully saturated rings. The lowest BCUT2D eigenvalue weighted by Gasteiger charge is -2.23. The number of aliphatic hydroxyl groups is 2. The number of nitrogens with one attached hydrogen (secondary N) is 5. The molecule has 3 rings (SSSR count). The fourth-order valence-electron chi connectivity index (χ4n) is 3.41. The lowest BCUT2D eigenvalue weighted by Crippen LogP contribution is -2.50. The number of nitrogens with two attached hydrogens (primary N) is 1. The highest BCUT2D eigenvalue weighted by atomic mass is 16.3. The Hall–Kier alpha value is -3.89. The van der Waals surface area contributed by atoms with E-state index in [-0.39, 0.29) is 18.3 Å². The molecule has 2 aromatic carbocycles. The van der Waals surface area contributed by atoms with Gasteiger partial charge in [0.1, 0.15) is 18.0 Å². The molecule has 0 saturated carbocycles. The summed E-state index contributed by atoms with van der Waals surface area (Å²) in [6, 6.07) is 13.1. The molecule has 0 aliphatic carbocycles. The molecule has 0 aliphatic heterocycles. The number of carbonyl (C=O) groups excluding carboxylic acids is 2. The van der Waals surface area contributed by atoms with Crippen LogP contribution < -0.4 is 21.7 Å².